The summed E-state index contributed by atoms with van der Waals surface area (Å²) in [5, 5.41) is 3.37. The highest BCUT2D eigenvalue weighted by molar-refractivity contribution is 6.34. The van der Waals surface area contributed by atoms with Crippen LogP contribution in [0.2, 0.25) is 10.3 Å². The predicted molar refractivity (Wildman–Crippen MR) is 65.0 cm³/mol. The Balaban J connectivity index is 2.10. The standard InChI is InChI=1S/C11H12Cl2N2O/c1-6-4-8(12)14-11(13)10(6)15-9(16)5-7-2-3-7/h4,7H,2-3,5H2,1H3,(H,15,16). The lowest BCUT2D eigenvalue weighted by Gasteiger charge is -2.09. The van der Waals surface area contributed by atoms with Gasteiger partial charge < -0.3 is 5.32 Å². The number of aryl methyl sites for hydroxylation is 1. The number of anilines is 1. The summed E-state index contributed by atoms with van der Waals surface area (Å²) in [6.07, 6.45) is 2.87. The Morgan fingerprint density at radius 1 is 1.56 bits per heavy atom. The summed E-state index contributed by atoms with van der Waals surface area (Å²) in [6.45, 7) is 1.84. The molecule has 0 atom stereocenters. The maximum Gasteiger partial charge on any atom is 0.224 e. The summed E-state index contributed by atoms with van der Waals surface area (Å²) >= 11 is 11.7. The van der Waals surface area contributed by atoms with Crippen LogP contribution in [0.5, 0.6) is 0 Å². The van der Waals surface area contributed by atoms with E-state index in [0.717, 1.165) is 18.4 Å². The van der Waals surface area contributed by atoms with E-state index >= 15 is 0 Å². The Kier molecular flexibility index (Phi) is 3.36. The van der Waals surface area contributed by atoms with Crippen LogP contribution in [0.3, 0.4) is 0 Å². The molecule has 1 N–H and O–H groups in total. The van der Waals surface area contributed by atoms with Gasteiger partial charge in [-0.15, -0.1) is 0 Å². The first-order chi connectivity index (χ1) is 7.56. The van der Waals surface area contributed by atoms with E-state index in [0.29, 0.717) is 23.2 Å². The molecule has 0 aromatic carbocycles. The molecule has 0 radical (unpaired) electrons. The molecule has 0 unspecified atom stereocenters. The number of carbonyl (C=O) groups excluding carboxylic acids is 1. The summed E-state index contributed by atoms with van der Waals surface area (Å²) in [4.78, 5) is 15.5. The number of nitrogens with zero attached hydrogens (tertiary/aromatic N) is 1. The third kappa shape index (κ3) is 2.86. The first-order valence-electron chi connectivity index (χ1n) is 5.18. The minimum absolute atomic E-state index is 0.00313. The van der Waals surface area contributed by atoms with Crippen LogP contribution in [0.25, 0.3) is 0 Å². The third-order valence-corrected chi connectivity index (χ3v) is 3.04. The minimum atomic E-state index is -0.00313. The van der Waals surface area contributed by atoms with Crippen LogP contribution >= 0.6 is 23.2 Å². The zero-order valence-corrected chi connectivity index (χ0v) is 10.4. The van der Waals surface area contributed by atoms with E-state index in [1.54, 1.807) is 6.07 Å². The van der Waals surface area contributed by atoms with Crippen molar-refractivity contribution in [1.29, 1.82) is 0 Å². The molecule has 0 saturated heterocycles. The Labute approximate surface area is 104 Å². The van der Waals surface area contributed by atoms with Crippen molar-refractivity contribution in [3.63, 3.8) is 0 Å². The lowest BCUT2D eigenvalue weighted by atomic mass is 10.2. The highest BCUT2D eigenvalue weighted by Crippen LogP contribution is 2.33. The fraction of sp³-hybridized carbons (Fsp3) is 0.455. The molecule has 1 aromatic rings. The zero-order chi connectivity index (χ0) is 11.7. The van der Waals surface area contributed by atoms with E-state index < -0.39 is 0 Å². The normalized spacial score (nSPS) is 14.9. The molecule has 1 aliphatic carbocycles. The first kappa shape index (κ1) is 11.7. The van der Waals surface area contributed by atoms with Gasteiger partial charge in [0, 0.05) is 6.42 Å². The second kappa shape index (κ2) is 4.60. The Morgan fingerprint density at radius 2 is 2.25 bits per heavy atom. The van der Waals surface area contributed by atoms with Crippen molar-refractivity contribution in [2.75, 3.05) is 5.32 Å². The van der Waals surface area contributed by atoms with Gasteiger partial charge in [0.15, 0.2) is 5.15 Å². The zero-order valence-electron chi connectivity index (χ0n) is 8.89. The molecular weight excluding hydrogens is 247 g/mol. The van der Waals surface area contributed by atoms with Crippen molar-refractivity contribution in [2.24, 2.45) is 5.92 Å². The van der Waals surface area contributed by atoms with Gasteiger partial charge in [0.05, 0.1) is 5.69 Å². The summed E-state index contributed by atoms with van der Waals surface area (Å²) in [7, 11) is 0. The summed E-state index contributed by atoms with van der Waals surface area (Å²) in [5.41, 5.74) is 1.39. The van der Waals surface area contributed by atoms with Gasteiger partial charge in [-0.2, -0.15) is 0 Å². The van der Waals surface area contributed by atoms with Crippen LogP contribution in [0.4, 0.5) is 5.69 Å². The van der Waals surface area contributed by atoms with Gasteiger partial charge in [0.1, 0.15) is 5.15 Å². The molecule has 1 amide bonds. The highest BCUT2D eigenvalue weighted by Gasteiger charge is 2.24. The van der Waals surface area contributed by atoms with E-state index in [9.17, 15) is 4.79 Å². The van der Waals surface area contributed by atoms with Gasteiger partial charge in [-0.05, 0) is 37.3 Å². The number of amides is 1. The van der Waals surface area contributed by atoms with Crippen LogP contribution in [0.1, 0.15) is 24.8 Å². The van der Waals surface area contributed by atoms with Crippen molar-refractivity contribution < 1.29 is 4.79 Å². The summed E-state index contributed by atoms with van der Waals surface area (Å²) in [6, 6.07) is 1.68. The monoisotopic (exact) mass is 258 g/mol. The molecule has 16 heavy (non-hydrogen) atoms. The van der Waals surface area contributed by atoms with Crippen molar-refractivity contribution >= 4 is 34.8 Å². The molecule has 1 aromatic heterocycles. The average Bonchev–Trinajstić information content (AvgIpc) is 2.95. The molecule has 1 heterocycles. The van der Waals surface area contributed by atoms with Crippen molar-refractivity contribution in [3.8, 4) is 0 Å². The molecule has 3 nitrogen and oxygen atoms in total. The van der Waals surface area contributed by atoms with Crippen LogP contribution < -0.4 is 5.32 Å². The number of hydrogen-bond acceptors (Lipinski definition) is 2. The number of hydrogen-bond donors (Lipinski definition) is 1. The molecule has 0 spiro atoms. The van der Waals surface area contributed by atoms with E-state index in [2.05, 4.69) is 10.3 Å². The number of carbonyl (C=O) groups is 1. The second-order valence-electron chi connectivity index (χ2n) is 4.12. The summed E-state index contributed by atoms with van der Waals surface area (Å²) in [5.74, 6) is 0.552. The van der Waals surface area contributed by atoms with Crippen molar-refractivity contribution in [3.05, 3.63) is 21.9 Å². The van der Waals surface area contributed by atoms with Gasteiger partial charge in [0.25, 0.3) is 0 Å². The maximum absolute atomic E-state index is 11.6. The molecule has 86 valence electrons. The molecule has 1 saturated carbocycles. The summed E-state index contributed by atoms with van der Waals surface area (Å²) < 4.78 is 0. The van der Waals surface area contributed by atoms with Crippen molar-refractivity contribution in [1.82, 2.24) is 4.98 Å². The number of halogens is 2. The Bertz CT molecular complexity index is 407. The maximum atomic E-state index is 11.6. The van der Waals surface area contributed by atoms with Crippen LogP contribution in [0, 0.1) is 12.8 Å². The average molecular weight is 259 g/mol. The molecule has 0 aliphatic heterocycles. The van der Waals surface area contributed by atoms with E-state index in [1.807, 2.05) is 6.92 Å². The lowest BCUT2D eigenvalue weighted by molar-refractivity contribution is -0.116. The predicted octanol–water partition coefficient (Wildman–Crippen LogP) is 3.44. The van der Waals surface area contributed by atoms with Gasteiger partial charge in [-0.3, -0.25) is 4.79 Å². The van der Waals surface area contributed by atoms with Gasteiger partial charge in [-0.1, -0.05) is 23.2 Å². The number of pyridine rings is 1. The minimum Gasteiger partial charge on any atom is -0.323 e. The smallest absolute Gasteiger partial charge is 0.224 e. The number of aromatic nitrogens is 1. The van der Waals surface area contributed by atoms with E-state index in [1.165, 1.54) is 0 Å². The molecule has 1 aliphatic rings. The third-order valence-electron chi connectivity index (χ3n) is 2.58. The number of nitrogens with one attached hydrogen (secondary N) is 1. The molecule has 5 heteroatoms. The van der Waals surface area contributed by atoms with Crippen LogP contribution in [-0.4, -0.2) is 10.9 Å². The van der Waals surface area contributed by atoms with Gasteiger partial charge in [-0.25, -0.2) is 4.98 Å². The van der Waals surface area contributed by atoms with E-state index in [4.69, 9.17) is 23.2 Å². The molecule has 1 fully saturated rings. The largest absolute Gasteiger partial charge is 0.323 e. The van der Waals surface area contributed by atoms with Crippen molar-refractivity contribution in [2.45, 2.75) is 26.2 Å². The topological polar surface area (TPSA) is 42.0 Å². The fourth-order valence-electron chi connectivity index (χ4n) is 1.52. The quantitative estimate of drug-likeness (QED) is 0.845. The van der Waals surface area contributed by atoms with Crippen LogP contribution in [-0.2, 0) is 4.79 Å². The first-order valence-corrected chi connectivity index (χ1v) is 5.94. The second-order valence-corrected chi connectivity index (χ2v) is 4.87. The SMILES string of the molecule is Cc1cc(Cl)nc(Cl)c1NC(=O)CC1CC1. The van der Waals surface area contributed by atoms with E-state index in [-0.39, 0.29) is 11.1 Å². The van der Waals surface area contributed by atoms with Crippen LogP contribution in [0.15, 0.2) is 6.07 Å². The number of rotatable bonds is 3. The van der Waals surface area contributed by atoms with Gasteiger partial charge >= 0.3 is 0 Å². The molecule has 2 rings (SSSR count). The molecule has 0 bridgehead atoms. The highest BCUT2D eigenvalue weighted by atomic mass is 35.5. The molecular formula is C11H12Cl2N2O. The Hall–Kier alpha value is -0.800. The van der Waals surface area contributed by atoms with Gasteiger partial charge in [0.2, 0.25) is 5.91 Å². The Morgan fingerprint density at radius 3 is 2.81 bits per heavy atom. The lowest BCUT2D eigenvalue weighted by Crippen LogP contribution is -2.13. The fourth-order valence-corrected chi connectivity index (χ4v) is 2.10.